The Morgan fingerprint density at radius 1 is 1.29 bits per heavy atom. The minimum absolute atomic E-state index is 0.706. The summed E-state index contributed by atoms with van der Waals surface area (Å²) in [5, 5.41) is 5.65. The molecule has 1 aromatic heterocycles. The van der Waals surface area contributed by atoms with Gasteiger partial charge in [0.25, 0.3) is 0 Å². The van der Waals surface area contributed by atoms with Gasteiger partial charge < -0.3 is 5.32 Å². The summed E-state index contributed by atoms with van der Waals surface area (Å²) in [5.41, 5.74) is 1.24. The van der Waals surface area contributed by atoms with Crippen molar-refractivity contribution in [2.24, 2.45) is 0 Å². The molecular formula is C13H16N2OS. The molecule has 0 radical (unpaired) electrons. The van der Waals surface area contributed by atoms with Crippen molar-refractivity contribution < 1.29 is 4.21 Å². The molecule has 0 fully saturated rings. The molecule has 2 aromatic rings. The van der Waals surface area contributed by atoms with Crippen LogP contribution >= 0.6 is 0 Å². The zero-order chi connectivity index (χ0) is 12.1. The van der Waals surface area contributed by atoms with Gasteiger partial charge in [-0.3, -0.25) is 9.19 Å². The van der Waals surface area contributed by atoms with E-state index in [9.17, 15) is 4.21 Å². The van der Waals surface area contributed by atoms with E-state index in [1.54, 1.807) is 12.5 Å². The van der Waals surface area contributed by atoms with E-state index in [2.05, 4.69) is 28.5 Å². The lowest BCUT2D eigenvalue weighted by molar-refractivity contribution is 0.677. The molecule has 4 heteroatoms. The van der Waals surface area contributed by atoms with Crippen molar-refractivity contribution in [3.8, 4) is 0 Å². The minimum Gasteiger partial charge on any atom is -0.312 e. The SMILES string of the molecule is CS(=O)CCNCc1ccc2cnccc2c1. The number of aromatic nitrogens is 1. The third-order valence-corrected chi connectivity index (χ3v) is 3.38. The Morgan fingerprint density at radius 3 is 3.00 bits per heavy atom. The van der Waals surface area contributed by atoms with Gasteiger partial charge in [0.2, 0.25) is 0 Å². The molecular weight excluding hydrogens is 232 g/mol. The number of rotatable bonds is 5. The van der Waals surface area contributed by atoms with Crippen LogP contribution in [0.4, 0.5) is 0 Å². The fraction of sp³-hybridized carbons (Fsp3) is 0.308. The fourth-order valence-electron chi connectivity index (χ4n) is 1.69. The molecule has 90 valence electrons. The maximum Gasteiger partial charge on any atom is 0.0357 e. The first-order chi connectivity index (χ1) is 8.25. The molecule has 0 aliphatic rings. The van der Waals surface area contributed by atoms with Crippen molar-refractivity contribution in [1.82, 2.24) is 10.3 Å². The van der Waals surface area contributed by atoms with E-state index in [4.69, 9.17) is 0 Å². The normalized spacial score (nSPS) is 12.8. The molecule has 0 amide bonds. The van der Waals surface area contributed by atoms with Crippen molar-refractivity contribution in [3.63, 3.8) is 0 Å². The Hall–Kier alpha value is -1.26. The maximum atomic E-state index is 10.9. The van der Waals surface area contributed by atoms with Crippen LogP contribution in [-0.4, -0.2) is 27.7 Å². The molecule has 1 N–H and O–H groups in total. The van der Waals surface area contributed by atoms with E-state index in [1.807, 2.05) is 12.3 Å². The Balaban J connectivity index is 1.97. The highest BCUT2D eigenvalue weighted by Crippen LogP contribution is 2.14. The summed E-state index contributed by atoms with van der Waals surface area (Å²) >= 11 is 0. The van der Waals surface area contributed by atoms with Crippen molar-refractivity contribution in [3.05, 3.63) is 42.2 Å². The van der Waals surface area contributed by atoms with E-state index in [0.29, 0.717) is 5.75 Å². The van der Waals surface area contributed by atoms with Gasteiger partial charge in [-0.1, -0.05) is 12.1 Å². The monoisotopic (exact) mass is 248 g/mol. The molecule has 3 nitrogen and oxygen atoms in total. The van der Waals surface area contributed by atoms with Gasteiger partial charge in [0.1, 0.15) is 0 Å². The van der Waals surface area contributed by atoms with Crippen LogP contribution in [0, 0.1) is 0 Å². The van der Waals surface area contributed by atoms with E-state index >= 15 is 0 Å². The van der Waals surface area contributed by atoms with Crippen LogP contribution in [0.15, 0.2) is 36.7 Å². The number of hydrogen-bond acceptors (Lipinski definition) is 3. The second-order valence-corrected chi connectivity index (χ2v) is 5.57. The predicted octanol–water partition coefficient (Wildman–Crippen LogP) is 1.70. The van der Waals surface area contributed by atoms with Gasteiger partial charge in [0.05, 0.1) is 0 Å². The highest BCUT2D eigenvalue weighted by atomic mass is 32.2. The first-order valence-corrected chi connectivity index (χ1v) is 7.32. The highest BCUT2D eigenvalue weighted by molar-refractivity contribution is 7.84. The average Bonchev–Trinajstić information content (AvgIpc) is 2.34. The highest BCUT2D eigenvalue weighted by Gasteiger charge is 1.97. The molecule has 1 aromatic carbocycles. The lowest BCUT2D eigenvalue weighted by atomic mass is 10.1. The molecule has 2 rings (SSSR count). The Kier molecular flexibility index (Phi) is 4.23. The third-order valence-electron chi connectivity index (χ3n) is 2.60. The van der Waals surface area contributed by atoms with Gasteiger partial charge in [-0.05, 0) is 23.1 Å². The number of nitrogens with one attached hydrogen (secondary N) is 1. The number of hydrogen-bond donors (Lipinski definition) is 1. The number of pyridine rings is 1. The molecule has 0 aliphatic heterocycles. The first-order valence-electron chi connectivity index (χ1n) is 5.59. The summed E-state index contributed by atoms with van der Waals surface area (Å²) in [5.74, 6) is 0.706. The number of nitrogens with zero attached hydrogens (tertiary/aromatic N) is 1. The van der Waals surface area contributed by atoms with Gasteiger partial charge in [0, 0.05) is 53.7 Å². The molecule has 0 aliphatic carbocycles. The zero-order valence-corrected chi connectivity index (χ0v) is 10.7. The summed E-state index contributed by atoms with van der Waals surface area (Å²) in [6, 6.07) is 8.35. The molecule has 1 atom stereocenters. The van der Waals surface area contributed by atoms with Crippen LogP contribution in [0.3, 0.4) is 0 Å². The van der Waals surface area contributed by atoms with Crippen LogP contribution < -0.4 is 5.32 Å². The van der Waals surface area contributed by atoms with Crippen LogP contribution in [-0.2, 0) is 17.3 Å². The number of benzene rings is 1. The second-order valence-electron chi connectivity index (χ2n) is 4.01. The average molecular weight is 248 g/mol. The van der Waals surface area contributed by atoms with Crippen molar-refractivity contribution in [2.45, 2.75) is 6.54 Å². The summed E-state index contributed by atoms with van der Waals surface area (Å²) in [6.07, 6.45) is 5.40. The Labute approximate surface area is 104 Å². The van der Waals surface area contributed by atoms with Gasteiger partial charge >= 0.3 is 0 Å². The van der Waals surface area contributed by atoms with Gasteiger partial charge in [-0.15, -0.1) is 0 Å². The van der Waals surface area contributed by atoms with Gasteiger partial charge in [0.15, 0.2) is 0 Å². The lowest BCUT2D eigenvalue weighted by Gasteiger charge is -2.05. The summed E-state index contributed by atoms with van der Waals surface area (Å²) in [4.78, 5) is 4.09. The fourth-order valence-corrected chi connectivity index (χ4v) is 2.12. The standard InChI is InChI=1S/C13H16N2OS/c1-17(16)7-6-15-9-11-2-3-13-10-14-5-4-12(13)8-11/h2-5,8,10,15H,6-7,9H2,1H3. The van der Waals surface area contributed by atoms with Crippen molar-refractivity contribution >= 4 is 21.6 Å². The molecule has 0 saturated heterocycles. The summed E-state index contributed by atoms with van der Waals surface area (Å²) < 4.78 is 10.9. The van der Waals surface area contributed by atoms with E-state index < -0.39 is 10.8 Å². The lowest BCUT2D eigenvalue weighted by Crippen LogP contribution is -2.19. The molecule has 0 saturated carbocycles. The van der Waals surface area contributed by atoms with Crippen molar-refractivity contribution in [2.75, 3.05) is 18.6 Å². The van der Waals surface area contributed by atoms with E-state index in [0.717, 1.165) is 18.5 Å². The van der Waals surface area contributed by atoms with Crippen LogP contribution in [0.2, 0.25) is 0 Å². The largest absolute Gasteiger partial charge is 0.312 e. The predicted molar refractivity (Wildman–Crippen MR) is 72.4 cm³/mol. The van der Waals surface area contributed by atoms with Gasteiger partial charge in [-0.2, -0.15) is 0 Å². The Bertz CT molecular complexity index is 528. The zero-order valence-electron chi connectivity index (χ0n) is 9.85. The molecule has 1 unspecified atom stereocenters. The van der Waals surface area contributed by atoms with Gasteiger partial charge in [-0.25, -0.2) is 0 Å². The molecule has 0 bridgehead atoms. The topological polar surface area (TPSA) is 42.0 Å². The third kappa shape index (κ3) is 3.61. The number of fused-ring (bicyclic) bond motifs is 1. The smallest absolute Gasteiger partial charge is 0.0357 e. The minimum atomic E-state index is -0.716. The molecule has 17 heavy (non-hydrogen) atoms. The first kappa shape index (κ1) is 12.2. The van der Waals surface area contributed by atoms with Crippen molar-refractivity contribution in [1.29, 1.82) is 0 Å². The van der Waals surface area contributed by atoms with E-state index in [1.165, 1.54) is 10.9 Å². The maximum absolute atomic E-state index is 10.9. The van der Waals surface area contributed by atoms with E-state index in [-0.39, 0.29) is 0 Å². The van der Waals surface area contributed by atoms with Crippen LogP contribution in [0.1, 0.15) is 5.56 Å². The van der Waals surface area contributed by atoms with Crippen LogP contribution in [0.25, 0.3) is 10.8 Å². The molecule has 0 spiro atoms. The quantitative estimate of drug-likeness (QED) is 0.819. The van der Waals surface area contributed by atoms with Crippen LogP contribution in [0.5, 0.6) is 0 Å². The summed E-state index contributed by atoms with van der Waals surface area (Å²) in [6.45, 7) is 1.60. The summed E-state index contributed by atoms with van der Waals surface area (Å²) in [7, 11) is -0.716. The Morgan fingerprint density at radius 2 is 2.18 bits per heavy atom. The second kappa shape index (κ2) is 5.89. The molecule has 1 heterocycles.